The van der Waals surface area contributed by atoms with E-state index in [0.29, 0.717) is 16.9 Å². The topological polar surface area (TPSA) is 130 Å². The van der Waals surface area contributed by atoms with Crippen molar-refractivity contribution in [1.29, 1.82) is 5.41 Å². The smallest absolute Gasteiger partial charge is 0.320 e. The number of hydrogen-bond acceptors (Lipinski definition) is 6. The average Bonchev–Trinajstić information content (AvgIpc) is 3.14. The van der Waals surface area contributed by atoms with Crippen LogP contribution in [0.2, 0.25) is 0 Å². The molecule has 0 atom stereocenters. The van der Waals surface area contributed by atoms with E-state index in [9.17, 15) is 9.18 Å². The van der Waals surface area contributed by atoms with Gasteiger partial charge in [-0.1, -0.05) is 5.16 Å². The van der Waals surface area contributed by atoms with Crippen molar-refractivity contribution in [2.24, 2.45) is 0 Å². The second-order valence-corrected chi connectivity index (χ2v) is 5.33. The van der Waals surface area contributed by atoms with Gasteiger partial charge >= 0.3 is 6.03 Å². The number of nitrogens with one attached hydrogen (secondary N) is 3. The lowest BCUT2D eigenvalue weighted by Crippen LogP contribution is -2.28. The lowest BCUT2D eigenvalue weighted by Gasteiger charge is -2.10. The molecule has 132 valence electrons. The molecule has 0 spiro atoms. The zero-order valence-corrected chi connectivity index (χ0v) is 13.5. The average molecular weight is 354 g/mol. The molecule has 0 bridgehead atoms. The van der Waals surface area contributed by atoms with Crippen molar-refractivity contribution in [3.05, 3.63) is 71.5 Å². The van der Waals surface area contributed by atoms with E-state index in [1.54, 1.807) is 6.07 Å². The summed E-state index contributed by atoms with van der Waals surface area (Å²) in [5.74, 6) is 0.354. The van der Waals surface area contributed by atoms with Crippen LogP contribution in [0.5, 0.6) is 0 Å². The summed E-state index contributed by atoms with van der Waals surface area (Å²) in [6, 6.07) is 8.09. The minimum atomic E-state index is -0.491. The maximum atomic E-state index is 13.0. The summed E-state index contributed by atoms with van der Waals surface area (Å²) < 4.78 is 17.9. The maximum Gasteiger partial charge on any atom is 0.320 e. The molecule has 26 heavy (non-hydrogen) atoms. The van der Waals surface area contributed by atoms with Crippen LogP contribution in [0.1, 0.15) is 16.9 Å². The van der Waals surface area contributed by atoms with Crippen molar-refractivity contribution in [3.8, 4) is 0 Å². The van der Waals surface area contributed by atoms with Crippen LogP contribution in [0.3, 0.4) is 0 Å². The molecule has 2 aromatic heterocycles. The number of benzene rings is 1. The van der Waals surface area contributed by atoms with Gasteiger partial charge in [-0.15, -0.1) is 0 Å². The van der Waals surface area contributed by atoms with Crippen LogP contribution < -0.4 is 16.4 Å². The van der Waals surface area contributed by atoms with Crippen LogP contribution in [-0.4, -0.2) is 21.9 Å². The summed E-state index contributed by atoms with van der Waals surface area (Å²) in [6.07, 6.45) is 2.86. The van der Waals surface area contributed by atoms with Crippen molar-refractivity contribution in [3.63, 3.8) is 0 Å². The highest BCUT2D eigenvalue weighted by atomic mass is 19.1. The zero-order valence-electron chi connectivity index (χ0n) is 13.5. The minimum Gasteiger partial charge on any atom is -0.398 e. The van der Waals surface area contributed by atoms with Crippen molar-refractivity contribution < 1.29 is 13.7 Å². The molecule has 0 aliphatic carbocycles. The first-order valence-corrected chi connectivity index (χ1v) is 7.57. The number of nitrogen functional groups attached to an aromatic ring is 1. The van der Waals surface area contributed by atoms with Gasteiger partial charge in [-0.2, -0.15) is 0 Å². The molecule has 0 fully saturated rings. The molecule has 3 aromatic rings. The number of nitrogens with zero attached hydrogens (tertiary/aromatic N) is 2. The number of hydrogen-bond donors (Lipinski definition) is 4. The number of halogens is 1. The number of urea groups is 1. The number of carbonyl (C=O) groups excluding carboxylic acids is 1. The molecule has 8 nitrogen and oxygen atoms in total. The number of aromatic nitrogens is 2. The molecule has 0 aliphatic heterocycles. The van der Waals surface area contributed by atoms with Crippen molar-refractivity contribution in [2.45, 2.75) is 6.54 Å². The van der Waals surface area contributed by atoms with Crippen LogP contribution in [-0.2, 0) is 6.54 Å². The van der Waals surface area contributed by atoms with Gasteiger partial charge in [0.2, 0.25) is 0 Å². The van der Waals surface area contributed by atoms with E-state index in [4.69, 9.17) is 15.7 Å². The number of rotatable bonds is 5. The first kappa shape index (κ1) is 17.1. The third-order valence-corrected chi connectivity index (χ3v) is 3.49. The van der Waals surface area contributed by atoms with E-state index in [1.807, 2.05) is 0 Å². The van der Waals surface area contributed by atoms with Crippen molar-refractivity contribution in [2.75, 3.05) is 11.1 Å². The third-order valence-electron chi connectivity index (χ3n) is 3.49. The Labute approximate surface area is 147 Å². The molecule has 0 saturated carbocycles. The monoisotopic (exact) mass is 354 g/mol. The Balaban J connectivity index is 1.66. The highest BCUT2D eigenvalue weighted by molar-refractivity contribution is 6.13. The van der Waals surface area contributed by atoms with E-state index in [0.717, 1.165) is 0 Å². The van der Waals surface area contributed by atoms with Crippen molar-refractivity contribution >= 4 is 23.2 Å². The quantitative estimate of drug-likeness (QED) is 0.523. The van der Waals surface area contributed by atoms with Gasteiger partial charge < -0.3 is 15.6 Å². The van der Waals surface area contributed by atoms with E-state index in [-0.39, 0.29) is 29.6 Å². The predicted octanol–water partition coefficient (Wildman–Crippen LogP) is 2.53. The normalized spacial score (nSPS) is 10.3. The molecule has 9 heteroatoms. The maximum absolute atomic E-state index is 13.0. The van der Waals surface area contributed by atoms with Crippen LogP contribution in [0.25, 0.3) is 0 Å². The molecule has 5 N–H and O–H groups in total. The Morgan fingerprint density at radius 1 is 1.27 bits per heavy atom. The molecule has 2 heterocycles. The molecule has 0 radical (unpaired) electrons. The molecule has 0 saturated heterocycles. The summed E-state index contributed by atoms with van der Waals surface area (Å²) in [5.41, 5.74) is 7.22. The van der Waals surface area contributed by atoms with Crippen LogP contribution >= 0.6 is 0 Å². The Morgan fingerprint density at radius 3 is 2.69 bits per heavy atom. The molecule has 0 unspecified atom stereocenters. The van der Waals surface area contributed by atoms with Gasteiger partial charge in [0.25, 0.3) is 0 Å². The largest absolute Gasteiger partial charge is 0.398 e. The Hall–Kier alpha value is -3.75. The second kappa shape index (κ2) is 7.43. The zero-order chi connectivity index (χ0) is 18.5. The summed E-state index contributed by atoms with van der Waals surface area (Å²) in [7, 11) is 0. The molecule has 3 rings (SSSR count). The fourth-order valence-corrected chi connectivity index (χ4v) is 2.18. The predicted molar refractivity (Wildman–Crippen MR) is 93.3 cm³/mol. The van der Waals surface area contributed by atoms with Gasteiger partial charge in [0, 0.05) is 35.1 Å². The molecule has 2 amide bonds. The first-order valence-electron chi connectivity index (χ1n) is 7.57. The third kappa shape index (κ3) is 4.01. The number of carbonyl (C=O) groups is 1. The minimum absolute atomic E-state index is 0.108. The van der Waals surface area contributed by atoms with E-state index >= 15 is 0 Å². The Bertz CT molecular complexity index is 925. The molecule has 1 aromatic carbocycles. The Morgan fingerprint density at radius 2 is 2.04 bits per heavy atom. The molecular weight excluding hydrogens is 339 g/mol. The highest BCUT2D eigenvalue weighted by Crippen LogP contribution is 2.19. The van der Waals surface area contributed by atoms with E-state index < -0.39 is 6.03 Å². The summed E-state index contributed by atoms with van der Waals surface area (Å²) in [4.78, 5) is 15.9. The van der Waals surface area contributed by atoms with Gasteiger partial charge in [-0.3, -0.25) is 10.7 Å². The number of anilines is 2. The highest BCUT2D eigenvalue weighted by Gasteiger charge is 2.12. The summed E-state index contributed by atoms with van der Waals surface area (Å²) >= 11 is 0. The standard InChI is InChI=1S/C17H15FN6O2/c18-11-3-1-10(2-4-11)16(20)13-9-21-15(7-14(13)19)24-17(25)22-8-12-5-6-23-26-12/h1-7,9,20H,8H2,(H4,19,21,22,24,25). The van der Waals surface area contributed by atoms with Gasteiger partial charge in [0.1, 0.15) is 11.6 Å². The first-order chi connectivity index (χ1) is 12.5. The van der Waals surface area contributed by atoms with Crippen LogP contribution in [0.4, 0.5) is 20.7 Å². The molecular formula is C17H15FN6O2. The lowest BCUT2D eigenvalue weighted by atomic mass is 10.0. The number of pyridine rings is 1. The molecule has 0 aliphatic rings. The van der Waals surface area contributed by atoms with Crippen LogP contribution in [0.15, 0.2) is 53.3 Å². The van der Waals surface area contributed by atoms with Gasteiger partial charge in [0.15, 0.2) is 5.76 Å². The summed E-state index contributed by atoms with van der Waals surface area (Å²) in [5, 5.41) is 16.8. The number of amides is 2. The van der Waals surface area contributed by atoms with Crippen molar-refractivity contribution in [1.82, 2.24) is 15.5 Å². The van der Waals surface area contributed by atoms with Gasteiger partial charge in [0.05, 0.1) is 18.5 Å². The Kier molecular flexibility index (Phi) is 4.88. The summed E-state index contributed by atoms with van der Waals surface area (Å²) in [6.45, 7) is 0.175. The second-order valence-electron chi connectivity index (χ2n) is 5.33. The van der Waals surface area contributed by atoms with Crippen LogP contribution in [0, 0.1) is 11.2 Å². The number of nitrogens with two attached hydrogens (primary N) is 1. The van der Waals surface area contributed by atoms with Gasteiger partial charge in [-0.25, -0.2) is 14.2 Å². The fourth-order valence-electron chi connectivity index (χ4n) is 2.18. The van der Waals surface area contributed by atoms with E-state index in [1.165, 1.54) is 42.7 Å². The van der Waals surface area contributed by atoms with E-state index in [2.05, 4.69) is 20.8 Å². The fraction of sp³-hybridized carbons (Fsp3) is 0.0588. The lowest BCUT2D eigenvalue weighted by molar-refractivity contribution is 0.250. The SMILES string of the molecule is N=C(c1ccc(F)cc1)c1cnc(NC(=O)NCc2ccno2)cc1N. The van der Waals surface area contributed by atoms with Gasteiger partial charge in [-0.05, 0) is 24.3 Å².